The van der Waals surface area contributed by atoms with E-state index in [1.807, 2.05) is 0 Å². The summed E-state index contributed by atoms with van der Waals surface area (Å²) in [4.78, 5) is 15.9. The minimum atomic E-state index is 0.424. The van der Waals surface area contributed by atoms with E-state index in [0.717, 1.165) is 61.8 Å². The summed E-state index contributed by atoms with van der Waals surface area (Å²) in [7, 11) is 0. The van der Waals surface area contributed by atoms with Gasteiger partial charge in [-0.25, -0.2) is 15.0 Å². The number of benzene rings is 9. The molecule has 0 spiro atoms. The molecular formula is C60H41N5. The molecule has 1 aliphatic carbocycles. The first kappa shape index (κ1) is 37.2. The highest BCUT2D eigenvalue weighted by molar-refractivity contribution is 6.09. The Morgan fingerprint density at radius 3 is 1.63 bits per heavy atom. The van der Waals surface area contributed by atoms with Crippen molar-refractivity contribution < 1.29 is 0 Å². The van der Waals surface area contributed by atoms with Crippen LogP contribution in [0.3, 0.4) is 0 Å². The molecule has 0 bridgehead atoms. The second kappa shape index (κ2) is 14.9. The van der Waals surface area contributed by atoms with Crippen LogP contribution in [0, 0.1) is 0 Å². The average molecular weight is 832 g/mol. The summed E-state index contributed by atoms with van der Waals surface area (Å²) >= 11 is 0. The highest BCUT2D eigenvalue weighted by atomic mass is 15.0. The molecule has 13 rings (SSSR count). The van der Waals surface area contributed by atoms with Gasteiger partial charge in [-0.15, -0.1) is 0 Å². The third-order valence-corrected chi connectivity index (χ3v) is 13.4. The molecule has 0 N–H and O–H groups in total. The maximum atomic E-state index is 5.33. The molecule has 5 heteroatoms. The zero-order valence-corrected chi connectivity index (χ0v) is 35.7. The fraction of sp³-hybridized carbons (Fsp3) is 0.0500. The van der Waals surface area contributed by atoms with Crippen molar-refractivity contribution in [1.82, 2.24) is 24.1 Å². The summed E-state index contributed by atoms with van der Waals surface area (Å²) in [5.74, 6) is 2.30. The van der Waals surface area contributed by atoms with Gasteiger partial charge in [-0.3, -0.25) is 0 Å². The molecule has 0 radical (unpaired) electrons. The second-order valence-electron chi connectivity index (χ2n) is 17.3. The zero-order chi connectivity index (χ0) is 43.0. The smallest absolute Gasteiger partial charge is 0.164 e. The molecule has 0 aliphatic heterocycles. The Kier molecular flexibility index (Phi) is 8.50. The van der Waals surface area contributed by atoms with Gasteiger partial charge in [-0.2, -0.15) is 0 Å². The first-order valence-corrected chi connectivity index (χ1v) is 22.4. The number of para-hydroxylation sites is 3. The summed E-state index contributed by atoms with van der Waals surface area (Å²) in [6, 6.07) is 71.7. The second-order valence-corrected chi connectivity index (χ2v) is 17.3. The molecule has 0 saturated heterocycles. The van der Waals surface area contributed by atoms with Crippen molar-refractivity contribution in [3.05, 3.63) is 218 Å². The van der Waals surface area contributed by atoms with Crippen molar-refractivity contribution in [2.45, 2.75) is 19.3 Å². The Balaban J connectivity index is 1.01. The normalized spacial score (nSPS) is 13.6. The van der Waals surface area contributed by atoms with E-state index in [1.165, 1.54) is 49.4 Å². The molecule has 1 unspecified atom stereocenters. The van der Waals surface area contributed by atoms with Crippen molar-refractivity contribution in [1.29, 1.82) is 0 Å². The molecule has 306 valence electrons. The molecule has 0 amide bonds. The molecule has 1 aliphatic rings. The van der Waals surface area contributed by atoms with E-state index >= 15 is 0 Å². The van der Waals surface area contributed by atoms with Crippen LogP contribution < -0.4 is 0 Å². The van der Waals surface area contributed by atoms with Gasteiger partial charge in [0.25, 0.3) is 0 Å². The van der Waals surface area contributed by atoms with E-state index in [2.05, 4.69) is 228 Å². The van der Waals surface area contributed by atoms with Gasteiger partial charge in [0, 0.05) is 44.1 Å². The van der Waals surface area contributed by atoms with Crippen LogP contribution in [0.1, 0.15) is 30.5 Å². The zero-order valence-electron chi connectivity index (χ0n) is 35.7. The highest BCUT2D eigenvalue weighted by Crippen LogP contribution is 2.43. The predicted molar refractivity (Wildman–Crippen MR) is 270 cm³/mol. The van der Waals surface area contributed by atoms with Gasteiger partial charge in [0.15, 0.2) is 17.5 Å². The molecule has 0 saturated carbocycles. The third kappa shape index (κ3) is 6.11. The van der Waals surface area contributed by atoms with E-state index in [9.17, 15) is 0 Å². The standard InChI is InChI=1S/C60H41N5/c1-38-14-13-25-56-57(38)50-21-9-12-24-54(50)65(56)55-33-31-45(37-51(55)41-16-3-2-4-17-41)60-62-58(43-28-26-39-15-5-6-18-42(39)34-43)61-59(63-60)44-29-27-40-30-32-47(36-46(40)35-44)64-52-22-10-7-19-48(52)49-20-8-11-23-53(49)64/h2-13,15-38H,14H2,1H3. The maximum Gasteiger partial charge on any atom is 0.164 e. The number of nitrogens with zero attached hydrogens (tertiary/aromatic N) is 5. The van der Waals surface area contributed by atoms with Crippen LogP contribution in [-0.4, -0.2) is 24.1 Å². The summed E-state index contributed by atoms with van der Waals surface area (Å²) in [6.45, 7) is 2.34. The van der Waals surface area contributed by atoms with Gasteiger partial charge in [0.1, 0.15) is 0 Å². The van der Waals surface area contributed by atoms with Crippen LogP contribution in [-0.2, 0) is 0 Å². The quantitative estimate of drug-likeness (QED) is 0.168. The fourth-order valence-corrected chi connectivity index (χ4v) is 10.3. The predicted octanol–water partition coefficient (Wildman–Crippen LogP) is 15.4. The number of hydrogen-bond acceptors (Lipinski definition) is 3. The van der Waals surface area contributed by atoms with Crippen molar-refractivity contribution in [2.24, 2.45) is 0 Å². The molecule has 5 nitrogen and oxygen atoms in total. The lowest BCUT2D eigenvalue weighted by Gasteiger charge is -2.19. The van der Waals surface area contributed by atoms with E-state index in [1.54, 1.807) is 0 Å². The Bertz CT molecular complexity index is 3840. The first-order valence-electron chi connectivity index (χ1n) is 22.4. The highest BCUT2D eigenvalue weighted by Gasteiger charge is 2.25. The van der Waals surface area contributed by atoms with Gasteiger partial charge in [0.2, 0.25) is 0 Å². The lowest BCUT2D eigenvalue weighted by Crippen LogP contribution is -2.05. The topological polar surface area (TPSA) is 48.5 Å². The largest absolute Gasteiger partial charge is 0.309 e. The monoisotopic (exact) mass is 831 g/mol. The van der Waals surface area contributed by atoms with Crippen molar-refractivity contribution in [2.75, 3.05) is 0 Å². The lowest BCUT2D eigenvalue weighted by atomic mass is 9.90. The fourth-order valence-electron chi connectivity index (χ4n) is 10.3. The Labute approximate surface area is 376 Å². The number of fused-ring (bicyclic) bond motifs is 8. The van der Waals surface area contributed by atoms with Gasteiger partial charge in [-0.1, -0.05) is 153 Å². The molecule has 3 heterocycles. The van der Waals surface area contributed by atoms with Crippen LogP contribution in [0.25, 0.3) is 117 Å². The molecule has 1 atom stereocenters. The van der Waals surface area contributed by atoms with E-state index in [4.69, 9.17) is 15.0 Å². The molecule has 65 heavy (non-hydrogen) atoms. The lowest BCUT2D eigenvalue weighted by molar-refractivity contribution is 0.773. The van der Waals surface area contributed by atoms with Crippen molar-refractivity contribution in [3.8, 4) is 56.7 Å². The number of rotatable bonds is 6. The Morgan fingerprint density at radius 2 is 0.938 bits per heavy atom. The van der Waals surface area contributed by atoms with E-state index in [-0.39, 0.29) is 0 Å². The van der Waals surface area contributed by atoms with E-state index in [0.29, 0.717) is 23.4 Å². The molecule has 0 fully saturated rings. The molecule has 12 aromatic rings. The van der Waals surface area contributed by atoms with E-state index < -0.39 is 0 Å². The minimum absolute atomic E-state index is 0.424. The summed E-state index contributed by atoms with van der Waals surface area (Å²) in [5.41, 5.74) is 13.5. The Morgan fingerprint density at radius 1 is 0.415 bits per heavy atom. The van der Waals surface area contributed by atoms with Crippen molar-refractivity contribution >= 4 is 60.3 Å². The summed E-state index contributed by atoms with van der Waals surface area (Å²) in [5, 5.41) is 8.36. The minimum Gasteiger partial charge on any atom is -0.309 e. The van der Waals surface area contributed by atoms with Gasteiger partial charge in [0.05, 0.1) is 27.9 Å². The molecular weight excluding hydrogens is 791 g/mol. The van der Waals surface area contributed by atoms with Crippen LogP contribution in [0.15, 0.2) is 206 Å². The van der Waals surface area contributed by atoms with Crippen LogP contribution in [0.5, 0.6) is 0 Å². The number of aromatic nitrogens is 5. The summed E-state index contributed by atoms with van der Waals surface area (Å²) in [6.07, 6.45) is 5.66. The van der Waals surface area contributed by atoms with Gasteiger partial charge >= 0.3 is 0 Å². The van der Waals surface area contributed by atoms with Crippen molar-refractivity contribution in [3.63, 3.8) is 0 Å². The summed E-state index contributed by atoms with van der Waals surface area (Å²) < 4.78 is 4.82. The average Bonchev–Trinajstić information content (AvgIpc) is 3.89. The molecule has 9 aromatic carbocycles. The first-order chi connectivity index (χ1) is 32.1. The van der Waals surface area contributed by atoms with Crippen LogP contribution >= 0.6 is 0 Å². The number of allylic oxidation sites excluding steroid dienone is 1. The molecule has 3 aromatic heterocycles. The third-order valence-electron chi connectivity index (χ3n) is 13.4. The SMILES string of the molecule is CC1CC=Cc2c1c1ccccc1n2-c1ccc(-c2nc(-c3ccc4ccccc4c3)nc(-c3ccc4ccc(-n5c6ccccc6c6ccccc65)cc4c3)n2)cc1-c1ccccc1. The number of hydrogen-bond donors (Lipinski definition) is 0. The van der Waals surface area contributed by atoms with Crippen LogP contribution in [0.2, 0.25) is 0 Å². The van der Waals surface area contributed by atoms with Crippen LogP contribution in [0.4, 0.5) is 0 Å². The maximum absolute atomic E-state index is 5.33. The van der Waals surface area contributed by atoms with Gasteiger partial charge < -0.3 is 9.13 Å². The Hall–Kier alpha value is -8.41. The van der Waals surface area contributed by atoms with Gasteiger partial charge in [-0.05, 0) is 112 Å².